The average Bonchev–Trinajstić information content (AvgIpc) is 2.68. The molecule has 1 saturated heterocycles. The van der Waals surface area contributed by atoms with E-state index in [1.807, 2.05) is 6.07 Å². The molecule has 1 aliphatic rings. The molecule has 8 heteroatoms. The summed E-state index contributed by atoms with van der Waals surface area (Å²) in [7, 11) is 1.50. The number of benzene rings is 1. The highest BCUT2D eigenvalue weighted by molar-refractivity contribution is 6.32. The molecule has 1 heterocycles. The number of hydrogen-bond acceptors (Lipinski definition) is 5. The largest absolute Gasteiger partial charge is 0.493 e. The number of rotatable bonds is 6. The van der Waals surface area contributed by atoms with Crippen molar-refractivity contribution in [1.82, 2.24) is 10.2 Å². The Morgan fingerprint density at radius 3 is 2.92 bits per heavy atom. The maximum absolute atomic E-state index is 11.5. The molecule has 2 amide bonds. The fraction of sp³-hybridized carbons (Fsp3) is 0.500. The molecule has 0 aromatic heterocycles. The minimum atomic E-state index is -0.590. The Kier molecular flexibility index (Phi) is 6.28. The number of carbonyl (C=O) groups is 2. The number of amides is 2. The molecular formula is C16H22ClN3O4. The van der Waals surface area contributed by atoms with Gasteiger partial charge in [0.1, 0.15) is 0 Å². The highest BCUT2D eigenvalue weighted by Gasteiger charge is 2.21. The molecule has 1 aliphatic heterocycles. The lowest BCUT2D eigenvalue weighted by Crippen LogP contribution is -2.37. The number of halogens is 1. The Morgan fingerprint density at radius 1 is 1.50 bits per heavy atom. The summed E-state index contributed by atoms with van der Waals surface area (Å²) in [5, 5.41) is 3.23. The Morgan fingerprint density at radius 2 is 2.25 bits per heavy atom. The van der Waals surface area contributed by atoms with Gasteiger partial charge in [-0.2, -0.15) is 0 Å². The smallest absolute Gasteiger partial charge is 0.255 e. The zero-order chi connectivity index (χ0) is 17.7. The van der Waals surface area contributed by atoms with E-state index in [2.05, 4.69) is 17.1 Å². The summed E-state index contributed by atoms with van der Waals surface area (Å²) in [4.78, 5) is 24.6. The molecule has 1 atom stereocenters. The van der Waals surface area contributed by atoms with E-state index in [4.69, 9.17) is 26.8 Å². The highest BCUT2D eigenvalue weighted by Crippen LogP contribution is 2.36. The van der Waals surface area contributed by atoms with Crippen LogP contribution >= 0.6 is 11.6 Å². The van der Waals surface area contributed by atoms with E-state index in [0.717, 1.165) is 5.56 Å². The molecule has 0 radical (unpaired) electrons. The van der Waals surface area contributed by atoms with Crippen molar-refractivity contribution in [3.05, 3.63) is 22.7 Å². The average molecular weight is 356 g/mol. The van der Waals surface area contributed by atoms with Crippen molar-refractivity contribution in [2.75, 3.05) is 26.8 Å². The summed E-state index contributed by atoms with van der Waals surface area (Å²) >= 11 is 6.26. The van der Waals surface area contributed by atoms with Crippen LogP contribution in [0.2, 0.25) is 5.02 Å². The van der Waals surface area contributed by atoms with Gasteiger partial charge in [-0.05, 0) is 24.6 Å². The first-order valence-corrected chi connectivity index (χ1v) is 8.06. The third-order valence-electron chi connectivity index (χ3n) is 3.88. The first-order chi connectivity index (χ1) is 11.4. The first kappa shape index (κ1) is 18.4. The molecule has 1 aromatic rings. The molecule has 0 bridgehead atoms. The standard InChI is InChI=1S/C16H22ClN3O4/c1-10-7-19-15(22)3-4-20(10)8-11-5-12(17)16(13(6-11)23-2)24-9-14(18)21/h5-6,10H,3-4,7-9H2,1-2H3,(H2,18,21)(H,19,22)/t10-/m1/s1. The van der Waals surface area contributed by atoms with Crippen LogP contribution in [0, 0.1) is 0 Å². The SMILES string of the molecule is COc1cc(CN2CCC(=O)NC[C@H]2C)cc(Cl)c1OCC(N)=O. The zero-order valence-corrected chi connectivity index (χ0v) is 14.6. The number of ether oxygens (including phenoxy) is 2. The van der Waals surface area contributed by atoms with Crippen molar-refractivity contribution in [2.24, 2.45) is 5.73 Å². The number of nitrogens with one attached hydrogen (secondary N) is 1. The van der Waals surface area contributed by atoms with Crippen LogP contribution in [0.1, 0.15) is 18.9 Å². The molecule has 3 N–H and O–H groups in total. The fourth-order valence-corrected chi connectivity index (χ4v) is 2.85. The Labute approximate surface area is 146 Å². The fourth-order valence-electron chi connectivity index (χ4n) is 2.56. The van der Waals surface area contributed by atoms with Crippen LogP contribution in [0.3, 0.4) is 0 Å². The Hall–Kier alpha value is -1.99. The molecule has 132 valence electrons. The van der Waals surface area contributed by atoms with Gasteiger partial charge in [0.2, 0.25) is 5.91 Å². The lowest BCUT2D eigenvalue weighted by atomic mass is 10.1. The normalized spacial score (nSPS) is 18.6. The van der Waals surface area contributed by atoms with Gasteiger partial charge >= 0.3 is 0 Å². The second-order valence-electron chi connectivity index (χ2n) is 5.74. The van der Waals surface area contributed by atoms with Gasteiger partial charge < -0.3 is 20.5 Å². The predicted octanol–water partition coefficient (Wildman–Crippen LogP) is 0.923. The van der Waals surface area contributed by atoms with Gasteiger partial charge in [-0.3, -0.25) is 14.5 Å². The van der Waals surface area contributed by atoms with Crippen molar-refractivity contribution in [3.63, 3.8) is 0 Å². The topological polar surface area (TPSA) is 93.9 Å². The lowest BCUT2D eigenvalue weighted by molar-refractivity contribution is -0.121. The monoisotopic (exact) mass is 355 g/mol. The number of primary amides is 1. The molecule has 0 saturated carbocycles. The van der Waals surface area contributed by atoms with Crippen LogP contribution < -0.4 is 20.5 Å². The summed E-state index contributed by atoms with van der Waals surface area (Å²) in [6.45, 7) is 3.71. The quantitative estimate of drug-likeness (QED) is 0.791. The van der Waals surface area contributed by atoms with E-state index in [1.165, 1.54) is 7.11 Å². The maximum Gasteiger partial charge on any atom is 0.255 e. The molecule has 0 spiro atoms. The third-order valence-corrected chi connectivity index (χ3v) is 4.16. The van der Waals surface area contributed by atoms with Crippen molar-refractivity contribution in [2.45, 2.75) is 25.9 Å². The summed E-state index contributed by atoms with van der Waals surface area (Å²) in [6.07, 6.45) is 0.467. The van der Waals surface area contributed by atoms with Gasteiger partial charge in [-0.15, -0.1) is 0 Å². The van der Waals surface area contributed by atoms with Gasteiger partial charge in [-0.25, -0.2) is 0 Å². The highest BCUT2D eigenvalue weighted by atomic mass is 35.5. The summed E-state index contributed by atoms with van der Waals surface area (Å²) in [6, 6.07) is 3.80. The number of carbonyl (C=O) groups excluding carboxylic acids is 2. The van der Waals surface area contributed by atoms with Crippen molar-refractivity contribution >= 4 is 23.4 Å². The molecule has 1 aromatic carbocycles. The second kappa shape index (κ2) is 8.21. The number of nitrogens with two attached hydrogens (primary N) is 1. The van der Waals surface area contributed by atoms with Gasteiger partial charge in [0.15, 0.2) is 18.1 Å². The molecule has 2 rings (SSSR count). The van der Waals surface area contributed by atoms with Crippen molar-refractivity contribution in [1.29, 1.82) is 0 Å². The minimum Gasteiger partial charge on any atom is -0.493 e. The lowest BCUT2D eigenvalue weighted by Gasteiger charge is -2.26. The van der Waals surface area contributed by atoms with E-state index in [9.17, 15) is 9.59 Å². The maximum atomic E-state index is 11.5. The molecule has 24 heavy (non-hydrogen) atoms. The van der Waals surface area contributed by atoms with Crippen LogP contribution in [0.15, 0.2) is 12.1 Å². The molecule has 7 nitrogen and oxygen atoms in total. The van der Waals surface area contributed by atoms with E-state index in [-0.39, 0.29) is 18.6 Å². The molecular weight excluding hydrogens is 334 g/mol. The first-order valence-electron chi connectivity index (χ1n) is 7.69. The van der Waals surface area contributed by atoms with Crippen LogP contribution in [-0.2, 0) is 16.1 Å². The van der Waals surface area contributed by atoms with Gasteiger partial charge in [0.25, 0.3) is 5.91 Å². The molecule has 1 fully saturated rings. The van der Waals surface area contributed by atoms with Crippen molar-refractivity contribution in [3.8, 4) is 11.5 Å². The Balaban J connectivity index is 2.17. The Bertz CT molecular complexity index is 624. The van der Waals surface area contributed by atoms with E-state index in [1.54, 1.807) is 6.07 Å². The van der Waals surface area contributed by atoms with Crippen LogP contribution in [-0.4, -0.2) is 49.6 Å². The van der Waals surface area contributed by atoms with Crippen LogP contribution in [0.5, 0.6) is 11.5 Å². The third kappa shape index (κ3) is 4.75. The van der Waals surface area contributed by atoms with Gasteiger partial charge in [-0.1, -0.05) is 11.6 Å². The number of nitrogens with zero attached hydrogens (tertiary/aromatic N) is 1. The van der Waals surface area contributed by atoms with E-state index < -0.39 is 5.91 Å². The predicted molar refractivity (Wildman–Crippen MR) is 90.2 cm³/mol. The second-order valence-corrected chi connectivity index (χ2v) is 6.14. The molecule has 0 aliphatic carbocycles. The van der Waals surface area contributed by atoms with E-state index >= 15 is 0 Å². The van der Waals surface area contributed by atoms with Gasteiger partial charge in [0.05, 0.1) is 12.1 Å². The zero-order valence-electron chi connectivity index (χ0n) is 13.8. The number of hydrogen-bond donors (Lipinski definition) is 2. The number of methoxy groups -OCH3 is 1. The summed E-state index contributed by atoms with van der Waals surface area (Å²) in [5.41, 5.74) is 6.02. The summed E-state index contributed by atoms with van der Waals surface area (Å²) in [5.74, 6) is 0.209. The minimum absolute atomic E-state index is 0.0650. The molecule has 0 unspecified atom stereocenters. The van der Waals surface area contributed by atoms with E-state index in [0.29, 0.717) is 42.6 Å². The summed E-state index contributed by atoms with van der Waals surface area (Å²) < 4.78 is 10.6. The van der Waals surface area contributed by atoms with Crippen molar-refractivity contribution < 1.29 is 19.1 Å². The van der Waals surface area contributed by atoms with Crippen LogP contribution in [0.4, 0.5) is 0 Å². The van der Waals surface area contributed by atoms with Gasteiger partial charge in [0, 0.05) is 32.1 Å². The van der Waals surface area contributed by atoms with Crippen LogP contribution in [0.25, 0.3) is 0 Å².